The lowest BCUT2D eigenvalue weighted by molar-refractivity contribution is 0.0793. The first kappa shape index (κ1) is 11.3. The standard InChI is InChI=1S/C15H12ClNO/c1-17-14(10-5-3-2-4-6-10)12-8-7-11(16)9-13(12)15(17)18/h2-9,14H,1H3. The molecule has 3 heteroatoms. The largest absolute Gasteiger partial charge is 0.331 e. The Labute approximate surface area is 111 Å². The molecule has 18 heavy (non-hydrogen) atoms. The van der Waals surface area contributed by atoms with Crippen LogP contribution in [0.25, 0.3) is 0 Å². The van der Waals surface area contributed by atoms with Gasteiger partial charge in [-0.05, 0) is 23.3 Å². The Kier molecular flexibility index (Phi) is 2.60. The topological polar surface area (TPSA) is 20.3 Å². The zero-order chi connectivity index (χ0) is 12.7. The lowest BCUT2D eigenvalue weighted by atomic mass is 9.98. The number of hydrogen-bond donors (Lipinski definition) is 0. The van der Waals surface area contributed by atoms with E-state index < -0.39 is 0 Å². The van der Waals surface area contributed by atoms with Crippen molar-refractivity contribution in [2.24, 2.45) is 0 Å². The van der Waals surface area contributed by atoms with Gasteiger partial charge in [0.25, 0.3) is 5.91 Å². The number of nitrogens with zero attached hydrogens (tertiary/aromatic N) is 1. The van der Waals surface area contributed by atoms with Crippen molar-refractivity contribution in [2.75, 3.05) is 7.05 Å². The molecule has 0 radical (unpaired) electrons. The average molecular weight is 258 g/mol. The maximum Gasteiger partial charge on any atom is 0.254 e. The van der Waals surface area contributed by atoms with Crippen LogP contribution in [0, 0.1) is 0 Å². The van der Waals surface area contributed by atoms with Crippen LogP contribution < -0.4 is 0 Å². The Balaban J connectivity index is 2.16. The summed E-state index contributed by atoms with van der Waals surface area (Å²) >= 11 is 5.96. The molecule has 3 rings (SSSR count). The monoisotopic (exact) mass is 257 g/mol. The molecule has 0 aromatic heterocycles. The molecule has 1 atom stereocenters. The predicted octanol–water partition coefficient (Wildman–Crippen LogP) is 3.52. The van der Waals surface area contributed by atoms with Crippen LogP contribution in [0.15, 0.2) is 48.5 Å². The van der Waals surface area contributed by atoms with Crippen LogP contribution in [0.2, 0.25) is 5.02 Å². The second kappa shape index (κ2) is 4.14. The van der Waals surface area contributed by atoms with Crippen molar-refractivity contribution in [1.29, 1.82) is 0 Å². The molecule has 90 valence electrons. The third kappa shape index (κ3) is 1.61. The van der Waals surface area contributed by atoms with Gasteiger partial charge in [0.2, 0.25) is 0 Å². The minimum Gasteiger partial charge on any atom is -0.331 e. The van der Waals surface area contributed by atoms with E-state index in [9.17, 15) is 4.79 Å². The molecule has 1 heterocycles. The number of amides is 1. The van der Waals surface area contributed by atoms with E-state index in [1.54, 1.807) is 11.0 Å². The van der Waals surface area contributed by atoms with Crippen LogP contribution in [0.4, 0.5) is 0 Å². The van der Waals surface area contributed by atoms with Gasteiger partial charge in [0.1, 0.15) is 0 Å². The number of hydrogen-bond acceptors (Lipinski definition) is 1. The summed E-state index contributed by atoms with van der Waals surface area (Å²) in [4.78, 5) is 14.0. The fourth-order valence-electron chi connectivity index (χ4n) is 2.51. The van der Waals surface area contributed by atoms with E-state index in [1.165, 1.54) is 0 Å². The van der Waals surface area contributed by atoms with Gasteiger partial charge in [-0.25, -0.2) is 0 Å². The van der Waals surface area contributed by atoms with E-state index in [1.807, 2.05) is 49.5 Å². The van der Waals surface area contributed by atoms with Gasteiger partial charge < -0.3 is 4.90 Å². The van der Waals surface area contributed by atoms with E-state index in [2.05, 4.69) is 0 Å². The Morgan fingerprint density at radius 2 is 1.83 bits per heavy atom. The van der Waals surface area contributed by atoms with E-state index >= 15 is 0 Å². The number of carbonyl (C=O) groups is 1. The van der Waals surface area contributed by atoms with Crippen molar-refractivity contribution >= 4 is 17.5 Å². The molecule has 1 amide bonds. The van der Waals surface area contributed by atoms with Crippen LogP contribution in [-0.4, -0.2) is 17.9 Å². The van der Waals surface area contributed by atoms with Crippen LogP contribution in [-0.2, 0) is 0 Å². The van der Waals surface area contributed by atoms with E-state index in [4.69, 9.17) is 11.6 Å². The van der Waals surface area contributed by atoms with Crippen molar-refractivity contribution in [1.82, 2.24) is 4.90 Å². The Morgan fingerprint density at radius 1 is 1.11 bits per heavy atom. The molecule has 2 aromatic carbocycles. The quantitative estimate of drug-likeness (QED) is 0.766. The number of benzene rings is 2. The maximum atomic E-state index is 12.2. The second-order valence-electron chi connectivity index (χ2n) is 4.46. The summed E-state index contributed by atoms with van der Waals surface area (Å²) in [5.74, 6) is 0.0290. The van der Waals surface area contributed by atoms with E-state index in [0.717, 1.165) is 11.1 Å². The highest BCUT2D eigenvalue weighted by Crippen LogP contribution is 2.38. The zero-order valence-electron chi connectivity index (χ0n) is 9.93. The molecule has 1 aliphatic rings. The third-order valence-electron chi connectivity index (χ3n) is 3.36. The summed E-state index contributed by atoms with van der Waals surface area (Å²) in [5, 5.41) is 0.601. The van der Waals surface area contributed by atoms with Gasteiger partial charge >= 0.3 is 0 Å². The van der Waals surface area contributed by atoms with Crippen molar-refractivity contribution in [3.8, 4) is 0 Å². The highest BCUT2D eigenvalue weighted by atomic mass is 35.5. The van der Waals surface area contributed by atoms with Crippen LogP contribution in [0.5, 0.6) is 0 Å². The summed E-state index contributed by atoms with van der Waals surface area (Å²) in [6.07, 6.45) is 0. The zero-order valence-corrected chi connectivity index (χ0v) is 10.7. The van der Waals surface area contributed by atoms with Gasteiger partial charge in [-0.2, -0.15) is 0 Å². The molecule has 1 aliphatic heterocycles. The maximum absolute atomic E-state index is 12.2. The summed E-state index contributed by atoms with van der Waals surface area (Å²) in [5.41, 5.74) is 2.85. The average Bonchev–Trinajstić information content (AvgIpc) is 2.64. The Hall–Kier alpha value is -1.80. The Morgan fingerprint density at radius 3 is 2.56 bits per heavy atom. The number of carbonyl (C=O) groups excluding carboxylic acids is 1. The van der Waals surface area contributed by atoms with Gasteiger partial charge in [0.05, 0.1) is 6.04 Å². The van der Waals surface area contributed by atoms with Crippen LogP contribution in [0.3, 0.4) is 0 Å². The van der Waals surface area contributed by atoms with E-state index in [0.29, 0.717) is 10.6 Å². The highest BCUT2D eigenvalue weighted by molar-refractivity contribution is 6.31. The molecule has 0 N–H and O–H groups in total. The first-order valence-corrected chi connectivity index (χ1v) is 6.18. The predicted molar refractivity (Wildman–Crippen MR) is 71.8 cm³/mol. The fourth-order valence-corrected chi connectivity index (χ4v) is 2.68. The SMILES string of the molecule is CN1C(=O)c2cc(Cl)ccc2C1c1ccccc1. The summed E-state index contributed by atoms with van der Waals surface area (Å²) in [6, 6.07) is 15.5. The Bertz CT molecular complexity index is 609. The van der Waals surface area contributed by atoms with Crippen molar-refractivity contribution in [2.45, 2.75) is 6.04 Å². The summed E-state index contributed by atoms with van der Waals surface area (Å²) in [7, 11) is 1.83. The summed E-state index contributed by atoms with van der Waals surface area (Å²) < 4.78 is 0. The molecule has 0 saturated carbocycles. The van der Waals surface area contributed by atoms with E-state index in [-0.39, 0.29) is 11.9 Å². The molecule has 0 spiro atoms. The van der Waals surface area contributed by atoms with Crippen molar-refractivity contribution in [3.63, 3.8) is 0 Å². The highest BCUT2D eigenvalue weighted by Gasteiger charge is 2.34. The number of fused-ring (bicyclic) bond motifs is 1. The lowest BCUT2D eigenvalue weighted by Gasteiger charge is -2.21. The molecule has 0 bridgehead atoms. The van der Waals surface area contributed by atoms with Gasteiger partial charge in [-0.15, -0.1) is 0 Å². The second-order valence-corrected chi connectivity index (χ2v) is 4.90. The van der Waals surface area contributed by atoms with Gasteiger partial charge in [0, 0.05) is 17.6 Å². The first-order chi connectivity index (χ1) is 8.68. The van der Waals surface area contributed by atoms with Gasteiger partial charge in [-0.1, -0.05) is 48.0 Å². The van der Waals surface area contributed by atoms with Gasteiger partial charge in [-0.3, -0.25) is 4.79 Å². The number of rotatable bonds is 1. The first-order valence-electron chi connectivity index (χ1n) is 5.80. The van der Waals surface area contributed by atoms with Gasteiger partial charge in [0.15, 0.2) is 0 Å². The molecular formula is C15H12ClNO. The smallest absolute Gasteiger partial charge is 0.254 e. The fraction of sp³-hybridized carbons (Fsp3) is 0.133. The van der Waals surface area contributed by atoms with Crippen molar-refractivity contribution in [3.05, 3.63) is 70.2 Å². The molecule has 2 nitrogen and oxygen atoms in total. The number of halogens is 1. The normalized spacial score (nSPS) is 18.0. The molecule has 2 aromatic rings. The van der Waals surface area contributed by atoms with Crippen molar-refractivity contribution < 1.29 is 4.79 Å². The molecular weight excluding hydrogens is 246 g/mol. The summed E-state index contributed by atoms with van der Waals surface area (Å²) in [6.45, 7) is 0. The molecule has 0 saturated heterocycles. The lowest BCUT2D eigenvalue weighted by Crippen LogP contribution is -2.23. The minimum atomic E-state index is -0.00836. The van der Waals surface area contributed by atoms with Crippen LogP contribution >= 0.6 is 11.6 Å². The minimum absolute atomic E-state index is 0.00836. The third-order valence-corrected chi connectivity index (χ3v) is 3.60. The molecule has 1 unspecified atom stereocenters. The molecule has 0 aliphatic carbocycles. The molecule has 0 fully saturated rings. The van der Waals surface area contributed by atoms with Crippen LogP contribution in [0.1, 0.15) is 27.5 Å².